The highest BCUT2D eigenvalue weighted by Gasteiger charge is 2.57. The molecule has 0 unspecified atom stereocenters. The maximum absolute atomic E-state index is 16.2. The van der Waals surface area contributed by atoms with Crippen molar-refractivity contribution in [1.29, 1.82) is 0 Å². The summed E-state index contributed by atoms with van der Waals surface area (Å²) in [5.74, 6) is -0.791. The highest BCUT2D eigenvalue weighted by atomic mass is 19.1. The lowest BCUT2D eigenvalue weighted by molar-refractivity contribution is -0.183. The number of carbonyl (C=O) groups is 2. The number of amides is 2. The van der Waals surface area contributed by atoms with Crippen molar-refractivity contribution in [1.82, 2.24) is 20.6 Å². The monoisotopic (exact) mass is 847 g/mol. The second kappa shape index (κ2) is 19.9. The molecule has 6 N–H and O–H groups in total. The van der Waals surface area contributed by atoms with Gasteiger partial charge in [-0.3, -0.25) is 14.4 Å². The van der Waals surface area contributed by atoms with E-state index in [0.717, 1.165) is 18.4 Å². The van der Waals surface area contributed by atoms with Gasteiger partial charge in [-0.15, -0.1) is 0 Å². The van der Waals surface area contributed by atoms with E-state index in [-0.39, 0.29) is 79.4 Å². The molecule has 1 saturated heterocycles. The van der Waals surface area contributed by atoms with Crippen molar-refractivity contribution >= 4 is 17.5 Å². The Kier molecular flexibility index (Phi) is 15.1. The van der Waals surface area contributed by atoms with E-state index in [0.29, 0.717) is 47.2 Å². The smallest absolute Gasteiger partial charge is 0.251 e. The molecule has 7 rings (SSSR count). The van der Waals surface area contributed by atoms with Gasteiger partial charge in [0, 0.05) is 60.0 Å². The molecule has 2 bridgehead atoms. The van der Waals surface area contributed by atoms with Crippen LogP contribution in [0.1, 0.15) is 62.0 Å². The summed E-state index contributed by atoms with van der Waals surface area (Å²) in [7, 11) is 5.30. The van der Waals surface area contributed by atoms with E-state index in [9.17, 15) is 30.0 Å². The lowest BCUT2D eigenvalue weighted by Gasteiger charge is -2.62. The van der Waals surface area contributed by atoms with Gasteiger partial charge in [0.15, 0.2) is 0 Å². The zero-order valence-electron chi connectivity index (χ0n) is 36.7. The maximum atomic E-state index is 16.2. The molecular weight excluding hydrogens is 782 g/mol. The molecule has 4 aliphatic rings. The molecule has 0 spiro atoms. The van der Waals surface area contributed by atoms with Gasteiger partial charge in [-0.2, -0.15) is 5.06 Å². The molecule has 14 heteroatoms. The fraction of sp³-hybridized carbons (Fsp3) is 0.574. The second-order valence-corrected chi connectivity index (χ2v) is 18.2. The quantitative estimate of drug-likeness (QED) is 0.104. The van der Waals surface area contributed by atoms with Crippen LogP contribution in [0.2, 0.25) is 0 Å². The number of fused-ring (bicyclic) bond motifs is 2. The number of nitrogens with zero attached hydrogens (tertiary/aromatic N) is 3. The number of likely N-dealkylation sites (N-methyl/N-ethyl adjacent to an activating group) is 1. The molecule has 3 aromatic rings. The highest BCUT2D eigenvalue weighted by Crippen LogP contribution is 2.61. The summed E-state index contributed by atoms with van der Waals surface area (Å²) in [5.41, 5.74) is 3.16. The molecule has 13 nitrogen and oxygen atoms in total. The Balaban J connectivity index is 1.36. The fourth-order valence-electron chi connectivity index (χ4n) is 10.3. The number of carbonyl (C=O) groups excluding carboxylic acids is 2. The van der Waals surface area contributed by atoms with E-state index in [1.807, 2.05) is 49.3 Å². The lowest BCUT2D eigenvalue weighted by Crippen LogP contribution is -2.62. The molecule has 3 aromatic carbocycles. The third-order valence-electron chi connectivity index (χ3n) is 13.6. The minimum atomic E-state index is -1.06. The SMILES string of the molecule is COc1c(-c2cc(C(=O)N[C@@H](Cc3ccccc3)CN(C)C)cc(N(CCO)CCO)c2)ccc(F)c1CN1O[C@@H](CO)[C@H]([C@H](C)O)[C@H]1C(=O)N[C@H]1C[C@@H]2C[C@@H]([C@@H]1C)C2(C)C. The minimum absolute atomic E-state index is 0.0719. The third kappa shape index (κ3) is 10.1. The number of aliphatic hydroxyl groups excluding tert-OH is 4. The molecular formula is C47H66FN5O8. The van der Waals surface area contributed by atoms with E-state index in [1.165, 1.54) is 18.2 Å². The average molecular weight is 848 g/mol. The van der Waals surface area contributed by atoms with Crippen molar-refractivity contribution in [3.05, 3.63) is 83.2 Å². The zero-order valence-corrected chi connectivity index (χ0v) is 36.7. The summed E-state index contributed by atoms with van der Waals surface area (Å²) in [5, 5.41) is 49.2. The molecule has 2 amide bonds. The second-order valence-electron chi connectivity index (χ2n) is 18.2. The number of aliphatic hydroxyl groups is 4. The van der Waals surface area contributed by atoms with Crippen molar-refractivity contribution in [3.8, 4) is 16.9 Å². The van der Waals surface area contributed by atoms with Crippen molar-refractivity contribution in [2.24, 2.45) is 29.1 Å². The Morgan fingerprint density at radius 2 is 1.74 bits per heavy atom. The van der Waals surface area contributed by atoms with Crippen LogP contribution in [-0.4, -0.2) is 133 Å². The minimum Gasteiger partial charge on any atom is -0.496 e. The Morgan fingerprint density at radius 3 is 2.33 bits per heavy atom. The van der Waals surface area contributed by atoms with Gasteiger partial charge in [0.05, 0.1) is 39.6 Å². The Morgan fingerprint density at radius 1 is 1.03 bits per heavy atom. The van der Waals surface area contributed by atoms with Crippen LogP contribution >= 0.6 is 0 Å². The van der Waals surface area contributed by atoms with Gasteiger partial charge in [0.2, 0.25) is 5.91 Å². The molecule has 61 heavy (non-hydrogen) atoms. The summed E-state index contributed by atoms with van der Waals surface area (Å²) in [6.07, 6.45) is 0.609. The molecule has 0 aromatic heterocycles. The lowest BCUT2D eigenvalue weighted by atomic mass is 9.45. The Bertz CT molecular complexity index is 1960. The number of benzene rings is 3. The average Bonchev–Trinajstić information content (AvgIpc) is 3.60. The van der Waals surface area contributed by atoms with E-state index in [1.54, 1.807) is 36.1 Å². The predicted molar refractivity (Wildman–Crippen MR) is 232 cm³/mol. The van der Waals surface area contributed by atoms with E-state index >= 15 is 4.39 Å². The van der Waals surface area contributed by atoms with E-state index in [4.69, 9.17) is 9.57 Å². The van der Waals surface area contributed by atoms with E-state index < -0.39 is 36.6 Å². The predicted octanol–water partition coefficient (Wildman–Crippen LogP) is 3.86. The number of nitrogens with one attached hydrogen (secondary N) is 2. The van der Waals surface area contributed by atoms with Crippen LogP contribution in [0, 0.1) is 34.9 Å². The van der Waals surface area contributed by atoms with Crippen LogP contribution in [0.5, 0.6) is 5.75 Å². The maximum Gasteiger partial charge on any atom is 0.251 e. The summed E-state index contributed by atoms with van der Waals surface area (Å²) < 4.78 is 22.2. The van der Waals surface area contributed by atoms with Gasteiger partial charge in [0.1, 0.15) is 23.7 Å². The van der Waals surface area contributed by atoms with Gasteiger partial charge in [-0.25, -0.2) is 4.39 Å². The number of methoxy groups -OCH3 is 1. The van der Waals surface area contributed by atoms with Crippen molar-refractivity contribution in [2.75, 3.05) is 65.6 Å². The molecule has 1 aliphatic heterocycles. The Labute approximate surface area is 359 Å². The van der Waals surface area contributed by atoms with Crippen molar-refractivity contribution in [2.45, 2.75) is 83.8 Å². The first-order valence-electron chi connectivity index (χ1n) is 21.6. The summed E-state index contributed by atoms with van der Waals surface area (Å²) in [6, 6.07) is 16.6. The number of ether oxygens (including phenoxy) is 1. The standard InChI is InChI=1S/C47H66FN5O8/c1-28-38-23-33(47(38,3)4)24-40(28)50-46(59)43-42(29(2)57)41(27-56)61-53(43)26-37-39(48)14-13-36(44(37)60-7)31-20-32(22-35(21-31)52(15-17-54)16-18-55)45(58)49-34(25-51(5)6)19-30-11-9-8-10-12-30/h8-14,20-22,28-29,33-34,38,40-43,54-57H,15-19,23-27H2,1-7H3,(H,49,58)(H,50,59)/t28-,29-,33-,34-,38-,40-,41-,42-,43-/m0/s1. The van der Waals surface area contributed by atoms with E-state index in [2.05, 4.69) is 31.4 Å². The largest absolute Gasteiger partial charge is 0.496 e. The summed E-state index contributed by atoms with van der Waals surface area (Å²) in [6.45, 7) is 8.11. The van der Waals surface area contributed by atoms with Gasteiger partial charge < -0.3 is 45.6 Å². The fourth-order valence-corrected chi connectivity index (χ4v) is 10.3. The van der Waals surface area contributed by atoms with Crippen molar-refractivity contribution in [3.63, 3.8) is 0 Å². The summed E-state index contributed by atoms with van der Waals surface area (Å²) >= 11 is 0. The number of halogens is 1. The molecule has 0 radical (unpaired) electrons. The molecule has 4 fully saturated rings. The summed E-state index contributed by atoms with van der Waals surface area (Å²) in [4.78, 5) is 38.6. The van der Waals surface area contributed by atoms with Crippen LogP contribution in [0.3, 0.4) is 0 Å². The van der Waals surface area contributed by atoms with Crippen LogP contribution in [0.4, 0.5) is 10.1 Å². The van der Waals surface area contributed by atoms with Crippen molar-refractivity contribution < 1.29 is 44.0 Å². The van der Waals surface area contributed by atoms with Crippen LogP contribution in [-0.2, 0) is 22.6 Å². The molecule has 3 saturated carbocycles. The zero-order chi connectivity index (χ0) is 44.2. The molecule has 3 aliphatic carbocycles. The topological polar surface area (TPSA) is 167 Å². The molecule has 1 heterocycles. The highest BCUT2D eigenvalue weighted by molar-refractivity contribution is 5.97. The number of hydrogen-bond donors (Lipinski definition) is 6. The van der Waals surface area contributed by atoms with Crippen LogP contribution < -0.4 is 20.3 Å². The molecule has 334 valence electrons. The number of rotatable bonds is 19. The third-order valence-corrected chi connectivity index (χ3v) is 13.6. The van der Waals surface area contributed by atoms with Gasteiger partial charge in [-0.05, 0) is 105 Å². The first-order chi connectivity index (χ1) is 29.1. The number of hydrogen-bond acceptors (Lipinski definition) is 11. The number of hydroxylamine groups is 2. The molecule has 9 atom stereocenters. The first kappa shape index (κ1) is 46.4. The first-order valence-corrected chi connectivity index (χ1v) is 21.6. The normalized spacial score (nSPS) is 25.4. The van der Waals surface area contributed by atoms with Gasteiger partial charge in [0.25, 0.3) is 5.91 Å². The number of anilines is 1. The van der Waals surface area contributed by atoms with Gasteiger partial charge in [-0.1, -0.05) is 51.1 Å². The Hall–Kier alpha value is -4.15. The van der Waals surface area contributed by atoms with Crippen LogP contribution in [0.15, 0.2) is 60.7 Å². The van der Waals surface area contributed by atoms with Crippen LogP contribution in [0.25, 0.3) is 11.1 Å². The van der Waals surface area contributed by atoms with Gasteiger partial charge >= 0.3 is 0 Å².